The quantitative estimate of drug-likeness (QED) is 0.683. The molecule has 0 bridgehead atoms. The number of benzene rings is 1. The summed E-state index contributed by atoms with van der Waals surface area (Å²) in [7, 11) is 0. The third kappa shape index (κ3) is 2.29. The van der Waals surface area contributed by atoms with Crippen molar-refractivity contribution in [3.05, 3.63) is 29.6 Å². The number of aromatic nitrogens is 3. The largest absolute Gasteiger partial charge is 0.398 e. The van der Waals surface area contributed by atoms with Crippen LogP contribution >= 0.6 is 0 Å². The van der Waals surface area contributed by atoms with Gasteiger partial charge in [0, 0.05) is 17.9 Å². The molecule has 6 N–H and O–H groups in total. The van der Waals surface area contributed by atoms with Crippen molar-refractivity contribution >= 4 is 23.3 Å². The van der Waals surface area contributed by atoms with E-state index in [1.807, 2.05) is 12.1 Å². The third-order valence-electron chi connectivity index (χ3n) is 3.43. The highest BCUT2D eigenvalue weighted by Crippen LogP contribution is 2.31. The van der Waals surface area contributed by atoms with Gasteiger partial charge in [0.15, 0.2) is 5.82 Å². The van der Waals surface area contributed by atoms with Crippen molar-refractivity contribution in [2.24, 2.45) is 0 Å². The van der Waals surface area contributed by atoms with Crippen LogP contribution in [0, 0.1) is 0 Å². The molecular weight excluding hydrogens is 254 g/mol. The molecule has 2 heterocycles. The Labute approximate surface area is 116 Å². The summed E-state index contributed by atoms with van der Waals surface area (Å²) < 4.78 is 0. The minimum absolute atomic E-state index is 0.150. The Kier molecular flexibility index (Phi) is 3.02. The Balaban J connectivity index is 1.91. The molecule has 0 spiro atoms. The molecule has 7 nitrogen and oxygen atoms in total. The first-order chi connectivity index (χ1) is 9.63. The van der Waals surface area contributed by atoms with Gasteiger partial charge in [-0.25, -0.2) is 0 Å². The predicted molar refractivity (Wildman–Crippen MR) is 78.9 cm³/mol. The van der Waals surface area contributed by atoms with E-state index >= 15 is 0 Å². The number of hydrogen-bond acceptors (Lipinski definition) is 7. The number of nitrogens with zero attached hydrogens (tertiary/aromatic N) is 4. The van der Waals surface area contributed by atoms with Crippen LogP contribution in [0.4, 0.5) is 23.3 Å². The highest BCUT2D eigenvalue weighted by molar-refractivity contribution is 5.66. The molecule has 1 aliphatic rings. The van der Waals surface area contributed by atoms with Crippen LogP contribution in [0.1, 0.15) is 17.8 Å². The van der Waals surface area contributed by atoms with Gasteiger partial charge in [0.25, 0.3) is 0 Å². The van der Waals surface area contributed by atoms with Crippen LogP contribution < -0.4 is 22.1 Å². The van der Waals surface area contributed by atoms with E-state index in [-0.39, 0.29) is 11.9 Å². The van der Waals surface area contributed by atoms with E-state index in [0.717, 1.165) is 30.8 Å². The van der Waals surface area contributed by atoms with Crippen LogP contribution in [0.15, 0.2) is 18.2 Å². The molecule has 1 aliphatic heterocycles. The van der Waals surface area contributed by atoms with E-state index in [0.29, 0.717) is 12.4 Å². The molecule has 0 amide bonds. The summed E-state index contributed by atoms with van der Waals surface area (Å²) in [5.74, 6) is 0.875. The zero-order valence-corrected chi connectivity index (χ0v) is 11.1. The van der Waals surface area contributed by atoms with Crippen LogP contribution in [0.3, 0.4) is 0 Å². The molecule has 0 atom stereocenters. The first-order valence-corrected chi connectivity index (χ1v) is 6.51. The van der Waals surface area contributed by atoms with E-state index < -0.39 is 0 Å². The van der Waals surface area contributed by atoms with Gasteiger partial charge in [-0.3, -0.25) is 0 Å². The molecule has 7 heteroatoms. The lowest BCUT2D eigenvalue weighted by Gasteiger charge is -2.31. The Hall–Kier alpha value is -2.57. The van der Waals surface area contributed by atoms with Gasteiger partial charge in [0.2, 0.25) is 11.9 Å². The highest BCUT2D eigenvalue weighted by Gasteiger charge is 2.19. The van der Waals surface area contributed by atoms with Gasteiger partial charge in [0.05, 0.1) is 6.54 Å². The van der Waals surface area contributed by atoms with Gasteiger partial charge in [-0.2, -0.15) is 15.0 Å². The number of anilines is 4. The van der Waals surface area contributed by atoms with Gasteiger partial charge >= 0.3 is 0 Å². The first-order valence-electron chi connectivity index (χ1n) is 6.51. The maximum atomic E-state index is 6.04. The monoisotopic (exact) mass is 271 g/mol. The smallest absolute Gasteiger partial charge is 0.225 e. The number of rotatable bonds is 2. The highest BCUT2D eigenvalue weighted by atomic mass is 15.2. The van der Waals surface area contributed by atoms with Gasteiger partial charge < -0.3 is 22.1 Å². The van der Waals surface area contributed by atoms with E-state index in [1.165, 1.54) is 5.56 Å². The molecule has 0 saturated carbocycles. The van der Waals surface area contributed by atoms with Gasteiger partial charge in [-0.1, -0.05) is 6.07 Å². The zero-order valence-electron chi connectivity index (χ0n) is 11.1. The van der Waals surface area contributed by atoms with Crippen molar-refractivity contribution in [1.82, 2.24) is 15.0 Å². The molecule has 0 fully saturated rings. The number of nitrogen functional groups attached to an aromatic ring is 3. The molecular formula is C13H17N7. The lowest BCUT2D eigenvalue weighted by Crippen LogP contribution is -2.30. The van der Waals surface area contributed by atoms with Crippen LogP contribution in [0.2, 0.25) is 0 Å². The van der Waals surface area contributed by atoms with Crippen LogP contribution in [-0.2, 0) is 13.0 Å². The topological polar surface area (TPSA) is 120 Å². The molecule has 20 heavy (non-hydrogen) atoms. The van der Waals surface area contributed by atoms with Gasteiger partial charge in [-0.15, -0.1) is 0 Å². The maximum absolute atomic E-state index is 6.04. The Morgan fingerprint density at radius 1 is 1.05 bits per heavy atom. The summed E-state index contributed by atoms with van der Waals surface area (Å²) in [5.41, 5.74) is 20.4. The van der Waals surface area contributed by atoms with Crippen LogP contribution in [0.5, 0.6) is 0 Å². The van der Waals surface area contributed by atoms with Gasteiger partial charge in [-0.05, 0) is 30.5 Å². The normalized spacial score (nSPS) is 14.1. The minimum atomic E-state index is 0.150. The lowest BCUT2D eigenvalue weighted by molar-refractivity contribution is 0.674. The molecule has 0 aliphatic carbocycles. The SMILES string of the molecule is Nc1nc(N)nc(CN2CCCc3c(N)cccc32)n1. The van der Waals surface area contributed by atoms with Crippen molar-refractivity contribution < 1.29 is 0 Å². The second-order valence-corrected chi connectivity index (χ2v) is 4.84. The number of fused-ring (bicyclic) bond motifs is 1. The van der Waals surface area contributed by atoms with Crippen molar-refractivity contribution in [2.45, 2.75) is 19.4 Å². The van der Waals surface area contributed by atoms with E-state index in [4.69, 9.17) is 17.2 Å². The predicted octanol–water partition coefficient (Wildman–Crippen LogP) is 0.571. The Morgan fingerprint density at radius 3 is 2.55 bits per heavy atom. The molecule has 2 aromatic rings. The molecule has 0 unspecified atom stereocenters. The van der Waals surface area contributed by atoms with Crippen molar-refractivity contribution in [3.63, 3.8) is 0 Å². The molecule has 1 aromatic carbocycles. The van der Waals surface area contributed by atoms with E-state index in [2.05, 4.69) is 25.9 Å². The third-order valence-corrected chi connectivity index (χ3v) is 3.43. The summed E-state index contributed by atoms with van der Waals surface area (Å²) in [5, 5.41) is 0. The fourth-order valence-corrected chi connectivity index (χ4v) is 2.59. The summed E-state index contributed by atoms with van der Waals surface area (Å²) in [4.78, 5) is 14.2. The average Bonchev–Trinajstić information content (AvgIpc) is 2.39. The maximum Gasteiger partial charge on any atom is 0.225 e. The van der Waals surface area contributed by atoms with Gasteiger partial charge in [0.1, 0.15) is 0 Å². The molecule has 0 radical (unpaired) electrons. The van der Waals surface area contributed by atoms with Crippen molar-refractivity contribution in [1.29, 1.82) is 0 Å². The molecule has 104 valence electrons. The van der Waals surface area contributed by atoms with E-state index in [9.17, 15) is 0 Å². The second-order valence-electron chi connectivity index (χ2n) is 4.84. The van der Waals surface area contributed by atoms with Crippen LogP contribution in [0.25, 0.3) is 0 Å². The van der Waals surface area contributed by atoms with Crippen molar-refractivity contribution in [2.75, 3.05) is 28.6 Å². The Morgan fingerprint density at radius 2 is 1.80 bits per heavy atom. The minimum Gasteiger partial charge on any atom is -0.398 e. The fourth-order valence-electron chi connectivity index (χ4n) is 2.59. The standard InChI is InChI=1S/C13H17N7/c14-9-4-1-5-10-8(9)3-2-6-20(10)7-11-17-12(15)19-13(16)18-11/h1,4-5H,2-3,6-7,14H2,(H4,15,16,17,18,19). The molecule has 1 aromatic heterocycles. The summed E-state index contributed by atoms with van der Waals surface area (Å²) >= 11 is 0. The lowest BCUT2D eigenvalue weighted by atomic mass is 10.00. The fraction of sp³-hybridized carbons (Fsp3) is 0.308. The summed E-state index contributed by atoms with van der Waals surface area (Å²) in [6.45, 7) is 1.48. The Bertz CT molecular complexity index is 620. The summed E-state index contributed by atoms with van der Waals surface area (Å²) in [6, 6.07) is 5.96. The average molecular weight is 271 g/mol. The summed E-state index contributed by atoms with van der Waals surface area (Å²) in [6.07, 6.45) is 2.05. The van der Waals surface area contributed by atoms with Crippen LogP contribution in [-0.4, -0.2) is 21.5 Å². The first kappa shape index (κ1) is 12.5. The zero-order chi connectivity index (χ0) is 14.1. The van der Waals surface area contributed by atoms with E-state index in [1.54, 1.807) is 0 Å². The number of nitrogens with two attached hydrogens (primary N) is 3. The molecule has 0 saturated heterocycles. The number of hydrogen-bond donors (Lipinski definition) is 3. The molecule has 3 rings (SSSR count). The van der Waals surface area contributed by atoms with Crippen molar-refractivity contribution in [3.8, 4) is 0 Å². The second kappa shape index (κ2) is 4.84.